The molecule has 4 heteroatoms. The lowest BCUT2D eigenvalue weighted by atomic mass is 9.66. The van der Waals surface area contributed by atoms with Crippen molar-refractivity contribution < 1.29 is 19.1 Å². The predicted molar refractivity (Wildman–Crippen MR) is 119 cm³/mol. The first-order valence-electron chi connectivity index (χ1n) is 13.2. The van der Waals surface area contributed by atoms with E-state index in [4.69, 9.17) is 9.47 Å². The van der Waals surface area contributed by atoms with Crippen molar-refractivity contribution in [3.8, 4) is 0 Å². The Hall–Kier alpha value is -1.06. The Balaban J connectivity index is 1.24. The van der Waals surface area contributed by atoms with Gasteiger partial charge in [-0.2, -0.15) is 0 Å². The molecule has 31 heavy (non-hydrogen) atoms. The van der Waals surface area contributed by atoms with Gasteiger partial charge in [0.2, 0.25) is 0 Å². The summed E-state index contributed by atoms with van der Waals surface area (Å²) in [7, 11) is 0. The molecule has 4 bridgehead atoms. The van der Waals surface area contributed by atoms with Gasteiger partial charge in [0, 0.05) is 0 Å². The van der Waals surface area contributed by atoms with Crippen molar-refractivity contribution >= 4 is 11.9 Å². The van der Waals surface area contributed by atoms with Gasteiger partial charge in [-0.05, 0) is 114 Å². The first-order valence-corrected chi connectivity index (χ1v) is 13.2. The second kappa shape index (κ2) is 7.76. The standard InChI is InChI=1S/C27H42O4/c1-5-26(3,4)25(29)30-21-15-17-14-20(21)23-16-12-18(22(17)23)19(13-16)24(28)31-27(6-2)10-8-7-9-11-27/h16-23H,5-15H2,1-4H3. The molecule has 0 aliphatic heterocycles. The van der Waals surface area contributed by atoms with E-state index in [1.165, 1.54) is 32.1 Å². The van der Waals surface area contributed by atoms with Crippen molar-refractivity contribution in [2.45, 2.75) is 110 Å². The zero-order valence-corrected chi connectivity index (χ0v) is 20.0. The Kier molecular flexibility index (Phi) is 5.45. The van der Waals surface area contributed by atoms with Crippen LogP contribution in [0.2, 0.25) is 0 Å². The van der Waals surface area contributed by atoms with E-state index in [9.17, 15) is 9.59 Å². The van der Waals surface area contributed by atoms with Crippen LogP contribution in [0.25, 0.3) is 0 Å². The first-order chi connectivity index (χ1) is 14.8. The molecule has 8 atom stereocenters. The van der Waals surface area contributed by atoms with Crippen molar-refractivity contribution in [2.24, 2.45) is 46.8 Å². The van der Waals surface area contributed by atoms with Crippen LogP contribution in [0.4, 0.5) is 0 Å². The second-order valence-corrected chi connectivity index (χ2v) is 12.3. The molecule has 4 nitrogen and oxygen atoms in total. The fraction of sp³-hybridized carbons (Fsp3) is 0.926. The Morgan fingerprint density at radius 1 is 0.903 bits per heavy atom. The maximum absolute atomic E-state index is 13.3. The number of fused-ring (bicyclic) bond motifs is 9. The number of esters is 2. The average Bonchev–Trinajstić information content (AvgIpc) is 3.53. The van der Waals surface area contributed by atoms with E-state index in [0.29, 0.717) is 35.5 Å². The summed E-state index contributed by atoms with van der Waals surface area (Å²) in [5.74, 6) is 3.86. The Morgan fingerprint density at radius 3 is 2.23 bits per heavy atom. The first kappa shape index (κ1) is 21.8. The van der Waals surface area contributed by atoms with Gasteiger partial charge in [-0.3, -0.25) is 9.59 Å². The highest BCUT2D eigenvalue weighted by Gasteiger charge is 2.67. The van der Waals surface area contributed by atoms with Gasteiger partial charge in [0.25, 0.3) is 0 Å². The number of ether oxygens (including phenoxy) is 2. The Morgan fingerprint density at radius 2 is 1.55 bits per heavy atom. The third-order valence-corrected chi connectivity index (χ3v) is 10.5. The van der Waals surface area contributed by atoms with Crippen LogP contribution in [-0.4, -0.2) is 23.6 Å². The number of hydrogen-bond acceptors (Lipinski definition) is 4. The lowest BCUT2D eigenvalue weighted by molar-refractivity contribution is -0.173. The van der Waals surface area contributed by atoms with Crippen LogP contribution in [0, 0.1) is 46.8 Å². The second-order valence-electron chi connectivity index (χ2n) is 12.3. The molecule has 0 spiro atoms. The van der Waals surface area contributed by atoms with Gasteiger partial charge in [0.15, 0.2) is 0 Å². The quantitative estimate of drug-likeness (QED) is 0.388. The zero-order chi connectivity index (χ0) is 22.0. The van der Waals surface area contributed by atoms with E-state index in [1.54, 1.807) is 0 Å². The SMILES string of the molecule is CCC1(OC(=O)C2CC3CC2C2C4CC(OC(=O)C(C)(C)CC)C(C4)C32)CCCCC1. The molecule has 5 saturated carbocycles. The highest BCUT2D eigenvalue weighted by molar-refractivity contribution is 5.76. The summed E-state index contributed by atoms with van der Waals surface area (Å²) < 4.78 is 12.4. The largest absolute Gasteiger partial charge is 0.462 e. The lowest BCUT2D eigenvalue weighted by Gasteiger charge is -2.42. The lowest BCUT2D eigenvalue weighted by Crippen LogP contribution is -2.44. The van der Waals surface area contributed by atoms with Crippen LogP contribution in [-0.2, 0) is 19.1 Å². The predicted octanol–water partition coefficient (Wildman–Crippen LogP) is 5.92. The highest BCUT2D eigenvalue weighted by atomic mass is 16.6. The van der Waals surface area contributed by atoms with E-state index in [0.717, 1.165) is 38.5 Å². The maximum Gasteiger partial charge on any atom is 0.311 e. The molecule has 5 rings (SSSR count). The Labute approximate surface area is 188 Å². The molecule has 5 aliphatic carbocycles. The fourth-order valence-corrected chi connectivity index (χ4v) is 8.40. The maximum atomic E-state index is 13.3. The monoisotopic (exact) mass is 430 g/mol. The van der Waals surface area contributed by atoms with Gasteiger partial charge in [-0.25, -0.2) is 0 Å². The van der Waals surface area contributed by atoms with Gasteiger partial charge < -0.3 is 9.47 Å². The van der Waals surface area contributed by atoms with Crippen molar-refractivity contribution in [2.75, 3.05) is 0 Å². The van der Waals surface area contributed by atoms with Gasteiger partial charge >= 0.3 is 11.9 Å². The molecule has 0 aromatic heterocycles. The normalized spacial score (nSPS) is 42.5. The molecule has 0 heterocycles. The third kappa shape index (κ3) is 3.46. The molecule has 0 aromatic carbocycles. The van der Waals surface area contributed by atoms with Crippen LogP contribution in [0.1, 0.15) is 98.3 Å². The van der Waals surface area contributed by atoms with Crippen LogP contribution in [0.15, 0.2) is 0 Å². The van der Waals surface area contributed by atoms with Crippen LogP contribution in [0.5, 0.6) is 0 Å². The van der Waals surface area contributed by atoms with Gasteiger partial charge in [-0.15, -0.1) is 0 Å². The van der Waals surface area contributed by atoms with Crippen molar-refractivity contribution in [1.29, 1.82) is 0 Å². The minimum absolute atomic E-state index is 0.0222. The number of hydrogen-bond donors (Lipinski definition) is 0. The fourth-order valence-electron chi connectivity index (χ4n) is 8.40. The molecular weight excluding hydrogens is 388 g/mol. The third-order valence-electron chi connectivity index (χ3n) is 10.5. The molecule has 8 unspecified atom stereocenters. The van der Waals surface area contributed by atoms with Gasteiger partial charge in [0.05, 0.1) is 11.3 Å². The highest BCUT2D eigenvalue weighted by Crippen LogP contribution is 2.69. The number of rotatable bonds is 6. The van der Waals surface area contributed by atoms with Gasteiger partial charge in [-0.1, -0.05) is 20.3 Å². The van der Waals surface area contributed by atoms with Crippen LogP contribution in [0.3, 0.4) is 0 Å². The summed E-state index contributed by atoms with van der Waals surface area (Å²) >= 11 is 0. The summed E-state index contributed by atoms with van der Waals surface area (Å²) in [4.78, 5) is 26.0. The molecule has 0 radical (unpaired) electrons. The van der Waals surface area contributed by atoms with Gasteiger partial charge in [0.1, 0.15) is 11.7 Å². The summed E-state index contributed by atoms with van der Waals surface area (Å²) in [6, 6.07) is 0. The Bertz CT molecular complexity index is 721. The average molecular weight is 431 g/mol. The summed E-state index contributed by atoms with van der Waals surface area (Å²) in [5.41, 5.74) is -0.574. The van der Waals surface area contributed by atoms with Crippen LogP contribution >= 0.6 is 0 Å². The van der Waals surface area contributed by atoms with Crippen molar-refractivity contribution in [3.63, 3.8) is 0 Å². The van der Waals surface area contributed by atoms with Crippen molar-refractivity contribution in [1.82, 2.24) is 0 Å². The molecule has 0 saturated heterocycles. The number of carbonyl (C=O) groups is 2. The van der Waals surface area contributed by atoms with E-state index in [-0.39, 0.29) is 35.0 Å². The van der Waals surface area contributed by atoms with Crippen molar-refractivity contribution in [3.05, 3.63) is 0 Å². The number of carbonyl (C=O) groups excluding carboxylic acids is 2. The van der Waals surface area contributed by atoms with Crippen LogP contribution < -0.4 is 0 Å². The molecular formula is C27H42O4. The van der Waals surface area contributed by atoms with E-state index >= 15 is 0 Å². The van der Waals surface area contributed by atoms with E-state index < -0.39 is 0 Å². The smallest absolute Gasteiger partial charge is 0.311 e. The molecule has 5 fully saturated rings. The zero-order valence-electron chi connectivity index (χ0n) is 20.0. The minimum atomic E-state index is -0.390. The summed E-state index contributed by atoms with van der Waals surface area (Å²) in [6.45, 7) is 8.23. The van der Waals surface area contributed by atoms with E-state index in [2.05, 4.69) is 13.8 Å². The topological polar surface area (TPSA) is 52.6 Å². The van der Waals surface area contributed by atoms with E-state index in [1.807, 2.05) is 13.8 Å². The minimum Gasteiger partial charge on any atom is -0.462 e. The molecule has 0 amide bonds. The molecule has 174 valence electrons. The molecule has 0 aromatic rings. The summed E-state index contributed by atoms with van der Waals surface area (Å²) in [6.07, 6.45) is 12.1. The molecule has 5 aliphatic rings. The molecule has 0 N–H and O–H groups in total. The summed E-state index contributed by atoms with van der Waals surface area (Å²) in [5, 5.41) is 0.